The maximum Gasteiger partial charge on any atom is 0.276 e. The second-order valence-electron chi connectivity index (χ2n) is 4.69. The van der Waals surface area contributed by atoms with Crippen molar-refractivity contribution in [3.8, 4) is 11.6 Å². The number of aryl methyl sites for hydroxylation is 2. The number of rotatable bonds is 4. The van der Waals surface area contributed by atoms with E-state index >= 15 is 0 Å². The highest BCUT2D eigenvalue weighted by Crippen LogP contribution is 2.23. The number of aromatic nitrogens is 4. The zero-order valence-electron chi connectivity index (χ0n) is 11.3. The Morgan fingerprint density at radius 2 is 2.17 bits per heavy atom. The maximum absolute atomic E-state index is 6.09. The normalized spacial score (nSPS) is 14.7. The molecule has 2 aromatic rings. The lowest BCUT2D eigenvalue weighted by Crippen LogP contribution is -2.33. The summed E-state index contributed by atoms with van der Waals surface area (Å²) in [5.41, 5.74) is 7.34. The van der Waals surface area contributed by atoms with Gasteiger partial charge in [-0.15, -0.1) is 0 Å². The molecular weight excluding hydrogens is 230 g/mol. The molecule has 0 aliphatic carbocycles. The van der Waals surface area contributed by atoms with Crippen LogP contribution in [0.3, 0.4) is 0 Å². The molecule has 0 aliphatic heterocycles. The van der Waals surface area contributed by atoms with E-state index < -0.39 is 5.54 Å². The molecule has 1 atom stereocenters. The van der Waals surface area contributed by atoms with E-state index in [1.54, 1.807) is 4.68 Å². The molecule has 6 heteroatoms. The van der Waals surface area contributed by atoms with Crippen molar-refractivity contribution < 1.29 is 4.52 Å². The Morgan fingerprint density at radius 3 is 2.72 bits per heavy atom. The molecule has 0 aromatic carbocycles. The topological polar surface area (TPSA) is 82.8 Å². The molecule has 2 heterocycles. The van der Waals surface area contributed by atoms with E-state index in [0.717, 1.165) is 24.2 Å². The van der Waals surface area contributed by atoms with Gasteiger partial charge < -0.3 is 10.3 Å². The van der Waals surface area contributed by atoms with Crippen LogP contribution in [-0.2, 0) is 19.0 Å². The van der Waals surface area contributed by atoms with Crippen LogP contribution in [0.1, 0.15) is 38.7 Å². The molecule has 2 rings (SSSR count). The van der Waals surface area contributed by atoms with Gasteiger partial charge in [0.2, 0.25) is 0 Å². The highest BCUT2D eigenvalue weighted by atomic mass is 16.5. The Balaban J connectivity index is 2.37. The molecule has 0 spiro atoms. The quantitative estimate of drug-likeness (QED) is 0.890. The van der Waals surface area contributed by atoms with Crippen molar-refractivity contribution in [2.45, 2.75) is 39.2 Å². The van der Waals surface area contributed by atoms with Gasteiger partial charge >= 0.3 is 0 Å². The second kappa shape index (κ2) is 4.53. The van der Waals surface area contributed by atoms with Crippen molar-refractivity contribution in [1.29, 1.82) is 0 Å². The third-order valence-corrected chi connectivity index (χ3v) is 3.18. The maximum atomic E-state index is 6.09. The summed E-state index contributed by atoms with van der Waals surface area (Å²) in [7, 11) is 1.86. The summed E-state index contributed by atoms with van der Waals surface area (Å²) in [6.07, 6.45) is 1.62. The van der Waals surface area contributed by atoms with E-state index in [2.05, 4.69) is 22.2 Å². The molecule has 18 heavy (non-hydrogen) atoms. The fraction of sp³-hybridized carbons (Fsp3) is 0.583. The lowest BCUT2D eigenvalue weighted by atomic mass is 10.0. The number of hydrogen-bond acceptors (Lipinski definition) is 5. The molecule has 2 N–H and O–H groups in total. The first-order valence-corrected chi connectivity index (χ1v) is 6.14. The minimum absolute atomic E-state index is 0.463. The predicted molar refractivity (Wildman–Crippen MR) is 67.7 cm³/mol. The van der Waals surface area contributed by atoms with Gasteiger partial charge in [-0.3, -0.25) is 4.68 Å². The first-order valence-electron chi connectivity index (χ1n) is 6.14. The fourth-order valence-electron chi connectivity index (χ4n) is 1.62. The molecular formula is C12H19N5O. The number of hydrogen-bond donors (Lipinski definition) is 1. The Hall–Kier alpha value is -1.69. The van der Waals surface area contributed by atoms with Gasteiger partial charge in [0.15, 0.2) is 5.82 Å². The summed E-state index contributed by atoms with van der Waals surface area (Å²) < 4.78 is 7.02. The van der Waals surface area contributed by atoms with Gasteiger partial charge in [0, 0.05) is 7.05 Å². The zero-order chi connectivity index (χ0) is 13.3. The molecule has 0 saturated heterocycles. The molecule has 6 nitrogen and oxygen atoms in total. The van der Waals surface area contributed by atoms with Gasteiger partial charge in [-0.1, -0.05) is 19.0 Å². The van der Waals surface area contributed by atoms with E-state index in [9.17, 15) is 0 Å². The van der Waals surface area contributed by atoms with Crippen LogP contribution < -0.4 is 5.73 Å². The Morgan fingerprint density at radius 1 is 1.44 bits per heavy atom. The van der Waals surface area contributed by atoms with Crippen molar-refractivity contribution in [3.63, 3.8) is 0 Å². The predicted octanol–water partition coefficient (Wildman–Crippen LogP) is 1.62. The third-order valence-electron chi connectivity index (χ3n) is 3.18. The number of nitrogens with zero attached hydrogens (tertiary/aromatic N) is 4. The Kier molecular flexibility index (Phi) is 3.21. The summed E-state index contributed by atoms with van der Waals surface area (Å²) in [5, 5.41) is 8.31. The van der Waals surface area contributed by atoms with Crippen molar-refractivity contribution >= 4 is 0 Å². The summed E-state index contributed by atoms with van der Waals surface area (Å²) in [6, 6.07) is 1.96. The molecule has 0 radical (unpaired) electrons. The smallest absolute Gasteiger partial charge is 0.276 e. The first-order chi connectivity index (χ1) is 8.47. The van der Waals surface area contributed by atoms with Crippen LogP contribution in [0.25, 0.3) is 11.6 Å². The van der Waals surface area contributed by atoms with Crippen molar-refractivity contribution in [2.24, 2.45) is 12.8 Å². The van der Waals surface area contributed by atoms with Gasteiger partial charge in [0.05, 0.1) is 11.2 Å². The standard InChI is InChI=1S/C12H19N5O/c1-5-8-7-9(17(4)15-8)10-14-11(16-18-10)12(3,13)6-2/h7H,5-6,13H2,1-4H3. The molecule has 2 aromatic heterocycles. The van der Waals surface area contributed by atoms with Gasteiger partial charge in [-0.2, -0.15) is 10.1 Å². The molecule has 98 valence electrons. The summed E-state index contributed by atoms with van der Waals surface area (Å²) in [6.45, 7) is 5.94. The molecule has 0 aliphatic rings. The fourth-order valence-corrected chi connectivity index (χ4v) is 1.62. The Labute approximate surface area is 106 Å². The molecule has 0 bridgehead atoms. The van der Waals surface area contributed by atoms with Crippen molar-refractivity contribution in [2.75, 3.05) is 0 Å². The molecule has 0 fully saturated rings. The van der Waals surface area contributed by atoms with Gasteiger partial charge in [0.25, 0.3) is 5.89 Å². The average molecular weight is 249 g/mol. The largest absolute Gasteiger partial charge is 0.332 e. The minimum Gasteiger partial charge on any atom is -0.332 e. The van der Waals surface area contributed by atoms with Crippen LogP contribution in [0.15, 0.2) is 10.6 Å². The highest BCUT2D eigenvalue weighted by Gasteiger charge is 2.26. The van der Waals surface area contributed by atoms with E-state index in [-0.39, 0.29) is 0 Å². The van der Waals surface area contributed by atoms with E-state index in [1.165, 1.54) is 0 Å². The van der Waals surface area contributed by atoms with Crippen LogP contribution in [0, 0.1) is 0 Å². The van der Waals surface area contributed by atoms with Crippen LogP contribution in [0.4, 0.5) is 0 Å². The first kappa shape index (κ1) is 12.8. The van der Waals surface area contributed by atoms with E-state index in [0.29, 0.717) is 11.7 Å². The summed E-state index contributed by atoms with van der Waals surface area (Å²) >= 11 is 0. The minimum atomic E-state index is -0.562. The number of nitrogens with two attached hydrogens (primary N) is 1. The highest BCUT2D eigenvalue weighted by molar-refractivity contribution is 5.48. The van der Waals surface area contributed by atoms with Crippen molar-refractivity contribution in [1.82, 2.24) is 19.9 Å². The summed E-state index contributed by atoms with van der Waals surface area (Å²) in [4.78, 5) is 4.37. The van der Waals surface area contributed by atoms with Crippen LogP contribution in [-0.4, -0.2) is 19.9 Å². The second-order valence-corrected chi connectivity index (χ2v) is 4.69. The molecule has 0 amide bonds. The lowest BCUT2D eigenvalue weighted by molar-refractivity contribution is 0.377. The van der Waals surface area contributed by atoms with Crippen molar-refractivity contribution in [3.05, 3.63) is 17.6 Å². The van der Waals surface area contributed by atoms with Gasteiger partial charge in [-0.25, -0.2) is 0 Å². The Bertz CT molecular complexity index is 540. The monoisotopic (exact) mass is 249 g/mol. The molecule has 0 saturated carbocycles. The van der Waals surface area contributed by atoms with Crippen LogP contribution >= 0.6 is 0 Å². The summed E-state index contributed by atoms with van der Waals surface area (Å²) in [5.74, 6) is 0.990. The van der Waals surface area contributed by atoms with E-state index in [1.807, 2.05) is 27.0 Å². The van der Waals surface area contributed by atoms with Crippen LogP contribution in [0.5, 0.6) is 0 Å². The van der Waals surface area contributed by atoms with E-state index in [4.69, 9.17) is 10.3 Å². The third kappa shape index (κ3) is 2.15. The van der Waals surface area contributed by atoms with Crippen LogP contribution in [0.2, 0.25) is 0 Å². The SMILES string of the molecule is CCc1cc(-c2nc(C(C)(N)CC)no2)n(C)n1. The van der Waals surface area contributed by atoms with Gasteiger partial charge in [-0.05, 0) is 25.8 Å². The molecule has 1 unspecified atom stereocenters. The zero-order valence-corrected chi connectivity index (χ0v) is 11.3. The van der Waals surface area contributed by atoms with Gasteiger partial charge in [0.1, 0.15) is 5.69 Å². The average Bonchev–Trinajstić information content (AvgIpc) is 2.95. The lowest BCUT2D eigenvalue weighted by Gasteiger charge is -2.16.